The van der Waals surface area contributed by atoms with Crippen molar-refractivity contribution in [3.8, 4) is 0 Å². The highest BCUT2D eigenvalue weighted by molar-refractivity contribution is 14.0. The van der Waals surface area contributed by atoms with E-state index in [0.29, 0.717) is 5.41 Å². The minimum absolute atomic E-state index is 0. The standard InChI is InChI=1S/C15H28N4O.HI/c1-16-14(17-6-10-18-7-2-3-8-18)19-9-4-15(12-19)5-11-20-13-15;/h2-13H2,1H3,(H,16,17);1H. The van der Waals surface area contributed by atoms with Crippen LogP contribution in [0.2, 0.25) is 0 Å². The first-order valence-electron chi connectivity index (χ1n) is 8.07. The van der Waals surface area contributed by atoms with E-state index in [9.17, 15) is 0 Å². The van der Waals surface area contributed by atoms with Crippen LogP contribution >= 0.6 is 24.0 Å². The van der Waals surface area contributed by atoms with Gasteiger partial charge in [0.05, 0.1) is 6.61 Å². The third kappa shape index (κ3) is 4.22. The van der Waals surface area contributed by atoms with Crippen molar-refractivity contribution < 1.29 is 4.74 Å². The molecule has 122 valence electrons. The first-order valence-corrected chi connectivity index (χ1v) is 8.07. The summed E-state index contributed by atoms with van der Waals surface area (Å²) in [6, 6.07) is 0. The number of likely N-dealkylation sites (tertiary alicyclic amines) is 2. The number of aliphatic imine (C=N–C) groups is 1. The monoisotopic (exact) mass is 408 g/mol. The molecule has 0 radical (unpaired) electrons. The van der Waals surface area contributed by atoms with Gasteiger partial charge < -0.3 is 19.9 Å². The van der Waals surface area contributed by atoms with Gasteiger partial charge in [-0.15, -0.1) is 24.0 Å². The zero-order valence-corrected chi connectivity index (χ0v) is 15.5. The second kappa shape index (κ2) is 7.97. The van der Waals surface area contributed by atoms with Crippen molar-refractivity contribution in [2.24, 2.45) is 10.4 Å². The van der Waals surface area contributed by atoms with E-state index in [1.165, 1.54) is 38.8 Å². The summed E-state index contributed by atoms with van der Waals surface area (Å²) in [5.74, 6) is 1.08. The number of rotatable bonds is 3. The van der Waals surface area contributed by atoms with Gasteiger partial charge in [-0.3, -0.25) is 4.99 Å². The molecule has 1 spiro atoms. The summed E-state index contributed by atoms with van der Waals surface area (Å²) in [4.78, 5) is 9.41. The second-order valence-corrected chi connectivity index (χ2v) is 6.50. The van der Waals surface area contributed by atoms with Crippen LogP contribution in [-0.2, 0) is 4.74 Å². The topological polar surface area (TPSA) is 40.1 Å². The van der Waals surface area contributed by atoms with Crippen LogP contribution in [0, 0.1) is 5.41 Å². The van der Waals surface area contributed by atoms with Gasteiger partial charge in [-0.1, -0.05) is 0 Å². The van der Waals surface area contributed by atoms with E-state index in [0.717, 1.165) is 45.4 Å². The number of ether oxygens (including phenoxy) is 1. The molecule has 0 aromatic rings. The predicted molar refractivity (Wildman–Crippen MR) is 96.5 cm³/mol. The molecule has 1 atom stereocenters. The second-order valence-electron chi connectivity index (χ2n) is 6.50. The fourth-order valence-electron chi connectivity index (χ4n) is 3.75. The van der Waals surface area contributed by atoms with Gasteiger partial charge in [-0.2, -0.15) is 0 Å². The SMILES string of the molecule is CN=C(NCCN1CCCC1)N1CCC2(CCOC2)C1.I. The lowest BCUT2D eigenvalue weighted by Crippen LogP contribution is -2.44. The van der Waals surface area contributed by atoms with Crippen molar-refractivity contribution in [2.75, 3.05) is 59.5 Å². The molecule has 1 unspecified atom stereocenters. The van der Waals surface area contributed by atoms with Gasteiger partial charge in [0.15, 0.2) is 5.96 Å². The number of hydrogen-bond acceptors (Lipinski definition) is 3. The molecule has 3 aliphatic heterocycles. The van der Waals surface area contributed by atoms with Gasteiger partial charge in [0.25, 0.3) is 0 Å². The Labute approximate surface area is 145 Å². The third-order valence-electron chi connectivity index (χ3n) is 5.04. The Hall–Kier alpha value is -0.0800. The lowest BCUT2D eigenvalue weighted by molar-refractivity contribution is 0.156. The molecular weight excluding hydrogens is 379 g/mol. The molecule has 0 amide bonds. The molecule has 5 nitrogen and oxygen atoms in total. The third-order valence-corrected chi connectivity index (χ3v) is 5.04. The summed E-state index contributed by atoms with van der Waals surface area (Å²) in [5.41, 5.74) is 0.409. The number of guanidine groups is 1. The lowest BCUT2D eigenvalue weighted by atomic mass is 9.87. The maximum Gasteiger partial charge on any atom is 0.193 e. The van der Waals surface area contributed by atoms with Gasteiger partial charge in [0, 0.05) is 45.2 Å². The molecule has 3 rings (SSSR count). The van der Waals surface area contributed by atoms with Crippen molar-refractivity contribution in [1.82, 2.24) is 15.1 Å². The Morgan fingerprint density at radius 1 is 1.24 bits per heavy atom. The van der Waals surface area contributed by atoms with Crippen molar-refractivity contribution in [2.45, 2.75) is 25.7 Å². The Morgan fingerprint density at radius 3 is 2.71 bits per heavy atom. The maximum atomic E-state index is 5.60. The summed E-state index contributed by atoms with van der Waals surface area (Å²) in [7, 11) is 1.90. The Morgan fingerprint density at radius 2 is 2.05 bits per heavy atom. The first kappa shape index (κ1) is 17.3. The van der Waals surface area contributed by atoms with Crippen molar-refractivity contribution in [3.05, 3.63) is 0 Å². The molecule has 3 saturated heterocycles. The van der Waals surface area contributed by atoms with Crippen molar-refractivity contribution in [1.29, 1.82) is 0 Å². The van der Waals surface area contributed by atoms with E-state index < -0.39 is 0 Å². The maximum absolute atomic E-state index is 5.60. The van der Waals surface area contributed by atoms with Crippen LogP contribution in [0.15, 0.2) is 4.99 Å². The van der Waals surface area contributed by atoms with Crippen LogP contribution in [0.25, 0.3) is 0 Å². The molecule has 0 saturated carbocycles. The number of hydrogen-bond donors (Lipinski definition) is 1. The van der Waals surface area contributed by atoms with Crippen LogP contribution in [0.5, 0.6) is 0 Å². The molecule has 0 aliphatic carbocycles. The van der Waals surface area contributed by atoms with Crippen molar-refractivity contribution >= 4 is 29.9 Å². The van der Waals surface area contributed by atoms with Gasteiger partial charge in [0.1, 0.15) is 0 Å². The lowest BCUT2D eigenvalue weighted by Gasteiger charge is -2.25. The predicted octanol–water partition coefficient (Wildman–Crippen LogP) is 1.39. The molecule has 3 fully saturated rings. The molecule has 6 heteroatoms. The van der Waals surface area contributed by atoms with Crippen LogP contribution in [0.1, 0.15) is 25.7 Å². The average Bonchev–Trinajstić information content (AvgIpc) is 3.19. The Balaban J connectivity index is 0.00000161. The summed E-state index contributed by atoms with van der Waals surface area (Å²) in [6.07, 6.45) is 5.20. The van der Waals surface area contributed by atoms with Crippen LogP contribution in [0.4, 0.5) is 0 Å². The van der Waals surface area contributed by atoms with E-state index in [4.69, 9.17) is 4.74 Å². The highest BCUT2D eigenvalue weighted by Crippen LogP contribution is 2.38. The minimum atomic E-state index is 0. The van der Waals surface area contributed by atoms with Gasteiger partial charge in [0.2, 0.25) is 0 Å². The summed E-state index contributed by atoms with van der Waals surface area (Å²) in [6.45, 7) is 8.79. The first-order chi connectivity index (χ1) is 9.81. The Bertz CT molecular complexity index is 352. The summed E-state index contributed by atoms with van der Waals surface area (Å²) < 4.78 is 5.60. The zero-order chi connectivity index (χ0) is 13.8. The van der Waals surface area contributed by atoms with Crippen LogP contribution in [0.3, 0.4) is 0 Å². The van der Waals surface area contributed by atoms with E-state index in [1.54, 1.807) is 0 Å². The van der Waals surface area contributed by atoms with E-state index in [-0.39, 0.29) is 24.0 Å². The zero-order valence-electron chi connectivity index (χ0n) is 13.1. The van der Waals surface area contributed by atoms with E-state index in [2.05, 4.69) is 20.1 Å². The number of halogens is 1. The fourth-order valence-corrected chi connectivity index (χ4v) is 3.75. The molecule has 0 aromatic heterocycles. The quantitative estimate of drug-likeness (QED) is 0.435. The molecular formula is C15H29IN4O. The molecule has 0 aromatic carbocycles. The largest absolute Gasteiger partial charge is 0.381 e. The molecule has 1 N–H and O–H groups in total. The van der Waals surface area contributed by atoms with E-state index >= 15 is 0 Å². The normalized spacial score (nSPS) is 30.1. The van der Waals surface area contributed by atoms with Gasteiger partial charge in [-0.05, 0) is 38.8 Å². The average molecular weight is 408 g/mol. The fraction of sp³-hybridized carbons (Fsp3) is 0.933. The molecule has 21 heavy (non-hydrogen) atoms. The highest BCUT2D eigenvalue weighted by Gasteiger charge is 2.42. The smallest absolute Gasteiger partial charge is 0.193 e. The van der Waals surface area contributed by atoms with Crippen LogP contribution in [-0.4, -0.2) is 75.3 Å². The summed E-state index contributed by atoms with van der Waals surface area (Å²) in [5, 5.41) is 3.54. The minimum Gasteiger partial charge on any atom is -0.381 e. The highest BCUT2D eigenvalue weighted by atomic mass is 127. The number of nitrogens with zero attached hydrogens (tertiary/aromatic N) is 3. The van der Waals surface area contributed by atoms with E-state index in [1.807, 2.05) is 7.05 Å². The Kier molecular flexibility index (Phi) is 6.55. The van der Waals surface area contributed by atoms with Gasteiger partial charge in [-0.25, -0.2) is 0 Å². The summed E-state index contributed by atoms with van der Waals surface area (Å²) >= 11 is 0. The molecule has 0 bridgehead atoms. The van der Waals surface area contributed by atoms with Gasteiger partial charge >= 0.3 is 0 Å². The molecule has 3 heterocycles. The van der Waals surface area contributed by atoms with Crippen molar-refractivity contribution in [3.63, 3.8) is 0 Å². The molecule has 3 aliphatic rings. The van der Waals surface area contributed by atoms with Crippen LogP contribution < -0.4 is 5.32 Å². The number of nitrogens with one attached hydrogen (secondary N) is 1.